The van der Waals surface area contributed by atoms with E-state index in [9.17, 15) is 9.59 Å². The fraction of sp³-hybridized carbons (Fsp3) is 0.917. The minimum atomic E-state index is -0.342. The Labute approximate surface area is 219 Å². The Bertz CT molecular complexity index is 762. The SMILES string of the molecule is NC(=O)C1CNC(N2CCC[C@H](N)C2)NC1NC1CCCC(C(=O)N2CCN(C3NCCS3)CC2)C1. The molecule has 4 aliphatic heterocycles. The summed E-state index contributed by atoms with van der Waals surface area (Å²) in [5, 5.41) is 14.3. The molecule has 2 amide bonds. The predicted molar refractivity (Wildman–Crippen MR) is 141 cm³/mol. The first-order chi connectivity index (χ1) is 17.5. The number of hydrogen-bond acceptors (Lipinski definition) is 10. The molecular weight excluding hydrogens is 478 g/mol. The van der Waals surface area contributed by atoms with Gasteiger partial charge in [0.05, 0.1) is 12.1 Å². The second-order valence-corrected chi connectivity index (χ2v) is 12.3. The lowest BCUT2D eigenvalue weighted by atomic mass is 9.84. The molecule has 36 heavy (non-hydrogen) atoms. The molecule has 7 atom stereocenters. The normalized spacial score (nSPS) is 39.2. The van der Waals surface area contributed by atoms with Crippen LogP contribution in [0.4, 0.5) is 0 Å². The molecule has 0 aromatic rings. The fourth-order valence-corrected chi connectivity index (χ4v) is 7.66. The number of likely N-dealkylation sites (tertiary alicyclic amines) is 1. The van der Waals surface area contributed by atoms with Crippen molar-refractivity contribution < 1.29 is 9.59 Å². The van der Waals surface area contributed by atoms with Gasteiger partial charge in [0.15, 0.2) is 0 Å². The molecule has 0 aromatic heterocycles. The number of rotatable bonds is 6. The molecule has 204 valence electrons. The van der Waals surface area contributed by atoms with E-state index < -0.39 is 0 Å². The van der Waals surface area contributed by atoms with Gasteiger partial charge in [-0.3, -0.25) is 40.7 Å². The van der Waals surface area contributed by atoms with E-state index in [-0.39, 0.29) is 42.3 Å². The highest BCUT2D eigenvalue weighted by molar-refractivity contribution is 8.00. The van der Waals surface area contributed by atoms with Gasteiger partial charge in [-0.05, 0) is 32.1 Å². The average Bonchev–Trinajstić information content (AvgIpc) is 3.43. The maximum absolute atomic E-state index is 13.4. The van der Waals surface area contributed by atoms with Crippen LogP contribution in [0.15, 0.2) is 0 Å². The maximum Gasteiger partial charge on any atom is 0.225 e. The summed E-state index contributed by atoms with van der Waals surface area (Å²) in [5.74, 6) is 0.864. The van der Waals surface area contributed by atoms with E-state index in [1.54, 1.807) is 0 Å². The van der Waals surface area contributed by atoms with Crippen molar-refractivity contribution in [2.24, 2.45) is 23.3 Å². The van der Waals surface area contributed by atoms with Crippen LogP contribution in [0.5, 0.6) is 0 Å². The lowest BCUT2D eigenvalue weighted by molar-refractivity contribution is -0.139. The molecule has 0 bridgehead atoms. The van der Waals surface area contributed by atoms with Crippen LogP contribution in [0.2, 0.25) is 0 Å². The number of nitrogens with two attached hydrogens (primary N) is 2. The third kappa shape index (κ3) is 6.35. The van der Waals surface area contributed by atoms with Crippen molar-refractivity contribution in [1.29, 1.82) is 0 Å². The summed E-state index contributed by atoms with van der Waals surface area (Å²) in [5.41, 5.74) is 12.4. The van der Waals surface area contributed by atoms with Gasteiger partial charge in [0.2, 0.25) is 11.8 Å². The zero-order chi connectivity index (χ0) is 25.1. The van der Waals surface area contributed by atoms with Crippen molar-refractivity contribution in [3.8, 4) is 0 Å². The molecule has 4 saturated heterocycles. The van der Waals surface area contributed by atoms with E-state index >= 15 is 0 Å². The summed E-state index contributed by atoms with van der Waals surface area (Å²) < 4.78 is 0. The molecule has 0 radical (unpaired) electrons. The third-order valence-electron chi connectivity index (χ3n) is 8.58. The van der Waals surface area contributed by atoms with Crippen LogP contribution in [0, 0.1) is 11.8 Å². The largest absolute Gasteiger partial charge is 0.369 e. The summed E-state index contributed by atoms with van der Waals surface area (Å²) in [6.07, 6.45) is 5.68. The van der Waals surface area contributed by atoms with Crippen LogP contribution in [-0.4, -0.2) is 115 Å². The Kier molecular flexibility index (Phi) is 9.05. The van der Waals surface area contributed by atoms with Crippen molar-refractivity contribution >= 4 is 23.6 Å². The number of carbonyl (C=O) groups excluding carboxylic acids is 2. The number of primary amides is 1. The molecule has 12 heteroatoms. The molecular formula is C24H45N9O2S. The Morgan fingerprint density at radius 1 is 0.972 bits per heavy atom. The molecule has 0 spiro atoms. The van der Waals surface area contributed by atoms with Gasteiger partial charge in [0.25, 0.3) is 0 Å². The minimum Gasteiger partial charge on any atom is -0.369 e. The van der Waals surface area contributed by atoms with E-state index in [4.69, 9.17) is 11.5 Å². The second-order valence-electron chi connectivity index (χ2n) is 11.1. The zero-order valence-corrected chi connectivity index (χ0v) is 22.2. The highest BCUT2D eigenvalue weighted by Crippen LogP contribution is 2.28. The molecule has 4 heterocycles. The summed E-state index contributed by atoms with van der Waals surface area (Å²) in [6.45, 7) is 6.91. The highest BCUT2D eigenvalue weighted by Gasteiger charge is 2.39. The van der Waals surface area contributed by atoms with Crippen molar-refractivity contribution in [2.75, 3.05) is 58.1 Å². The van der Waals surface area contributed by atoms with Gasteiger partial charge in [-0.15, -0.1) is 11.8 Å². The van der Waals surface area contributed by atoms with E-state index in [0.717, 1.165) is 90.1 Å². The van der Waals surface area contributed by atoms with Gasteiger partial charge >= 0.3 is 0 Å². The summed E-state index contributed by atoms with van der Waals surface area (Å²) >= 11 is 1.97. The molecule has 8 N–H and O–H groups in total. The van der Waals surface area contributed by atoms with Gasteiger partial charge in [0.1, 0.15) is 11.8 Å². The topological polar surface area (TPSA) is 144 Å². The van der Waals surface area contributed by atoms with Crippen LogP contribution >= 0.6 is 11.8 Å². The number of carbonyl (C=O) groups is 2. The smallest absolute Gasteiger partial charge is 0.225 e. The molecule has 11 nitrogen and oxygen atoms in total. The Morgan fingerprint density at radius 3 is 2.53 bits per heavy atom. The number of thioether (sulfide) groups is 1. The number of nitrogens with one attached hydrogen (secondary N) is 4. The van der Waals surface area contributed by atoms with Crippen molar-refractivity contribution in [1.82, 2.24) is 36.0 Å². The molecule has 0 aromatic carbocycles. The molecule has 5 fully saturated rings. The molecule has 1 saturated carbocycles. The highest BCUT2D eigenvalue weighted by atomic mass is 32.2. The first-order valence-electron chi connectivity index (χ1n) is 13.9. The average molecular weight is 524 g/mol. The predicted octanol–water partition coefficient (Wildman–Crippen LogP) is -1.77. The Morgan fingerprint density at radius 2 is 1.81 bits per heavy atom. The first kappa shape index (κ1) is 26.6. The van der Waals surface area contributed by atoms with E-state index in [2.05, 4.69) is 36.0 Å². The molecule has 5 aliphatic rings. The first-order valence-corrected chi connectivity index (χ1v) is 14.9. The number of piperazine rings is 1. The van der Waals surface area contributed by atoms with E-state index in [1.807, 2.05) is 11.8 Å². The van der Waals surface area contributed by atoms with Crippen LogP contribution < -0.4 is 32.7 Å². The third-order valence-corrected chi connectivity index (χ3v) is 9.80. The van der Waals surface area contributed by atoms with Gasteiger partial charge in [0, 0.05) is 76.1 Å². The van der Waals surface area contributed by atoms with Gasteiger partial charge in [-0.25, -0.2) is 0 Å². The molecule has 6 unspecified atom stereocenters. The summed E-state index contributed by atoms with van der Waals surface area (Å²) in [7, 11) is 0. The summed E-state index contributed by atoms with van der Waals surface area (Å²) in [6, 6.07) is 0.373. The zero-order valence-electron chi connectivity index (χ0n) is 21.4. The Balaban J connectivity index is 1.14. The van der Waals surface area contributed by atoms with Gasteiger partial charge < -0.3 is 16.4 Å². The van der Waals surface area contributed by atoms with Crippen LogP contribution in [-0.2, 0) is 9.59 Å². The maximum atomic E-state index is 13.4. The van der Waals surface area contributed by atoms with Crippen LogP contribution in [0.3, 0.4) is 0 Å². The Hall–Kier alpha value is -0.990. The monoisotopic (exact) mass is 523 g/mol. The van der Waals surface area contributed by atoms with Gasteiger partial charge in [-0.2, -0.15) is 0 Å². The number of hydrogen-bond donors (Lipinski definition) is 6. The minimum absolute atomic E-state index is 0.0331. The number of piperidine rings is 1. The summed E-state index contributed by atoms with van der Waals surface area (Å²) in [4.78, 5) is 32.5. The van der Waals surface area contributed by atoms with Gasteiger partial charge in [-0.1, -0.05) is 6.42 Å². The van der Waals surface area contributed by atoms with E-state index in [1.165, 1.54) is 0 Å². The second kappa shape index (κ2) is 12.2. The number of nitrogens with zero attached hydrogens (tertiary/aromatic N) is 3. The van der Waals surface area contributed by atoms with Crippen molar-refractivity contribution in [3.05, 3.63) is 0 Å². The standard InChI is InChI=1S/C24H45N9O2S/c25-17-4-2-7-33(15-17)23-28-14-19(20(26)34)21(30-23)29-18-5-1-3-16(13-18)22(35)31-8-10-32(11-9-31)24-27-6-12-36-24/h16-19,21,23-24,27-30H,1-15,25H2,(H2,26,34)/t16?,17-,18?,19?,21?,23?,24?/m0/s1. The molecule has 1 aliphatic carbocycles. The fourth-order valence-electron chi connectivity index (χ4n) is 6.54. The quantitative estimate of drug-likeness (QED) is 0.237. The van der Waals surface area contributed by atoms with Crippen LogP contribution in [0.1, 0.15) is 38.5 Å². The van der Waals surface area contributed by atoms with Crippen LogP contribution in [0.25, 0.3) is 0 Å². The van der Waals surface area contributed by atoms with Crippen molar-refractivity contribution in [2.45, 2.75) is 68.6 Å². The number of amides is 2. The lowest BCUT2D eigenvalue weighted by Gasteiger charge is -2.46. The van der Waals surface area contributed by atoms with Crippen molar-refractivity contribution in [3.63, 3.8) is 0 Å². The van der Waals surface area contributed by atoms with E-state index in [0.29, 0.717) is 17.9 Å². The lowest BCUT2D eigenvalue weighted by Crippen LogP contribution is -2.72. The molecule has 5 rings (SSSR count).